The first kappa shape index (κ1) is 9.51. The number of H-pyrrole nitrogens is 1. The van der Waals surface area contributed by atoms with Crippen molar-refractivity contribution < 1.29 is 9.59 Å². The van der Waals surface area contributed by atoms with E-state index in [9.17, 15) is 4.79 Å². The maximum Gasteiger partial charge on any atom is 0.204 e. The lowest BCUT2D eigenvalue weighted by Gasteiger charge is -2.08. The van der Waals surface area contributed by atoms with E-state index < -0.39 is 0 Å². The molecule has 1 aromatic rings. The molecule has 0 saturated heterocycles. The summed E-state index contributed by atoms with van der Waals surface area (Å²) in [5, 5.41) is 0. The molecule has 3 N–H and O–H groups in total. The fraction of sp³-hybridized carbons (Fsp3) is 0.333. The molecule has 1 aromatic heterocycles. The second kappa shape index (κ2) is 4.45. The summed E-state index contributed by atoms with van der Waals surface area (Å²) in [6.07, 6.45) is 4.86. The third-order valence-corrected chi connectivity index (χ3v) is 1.96. The average molecular weight is 180 g/mol. The Kier molecular flexibility index (Phi) is 3.25. The first-order valence-electron chi connectivity index (χ1n) is 4.14. The van der Waals surface area contributed by atoms with E-state index in [-0.39, 0.29) is 6.41 Å². The standard InChI is InChI=1S/C8H9NO.CH3NO/c10-8-3-1-2-7-6(8)4-5-9-7;2-1-3/h4-5,9H,1-3H2;1H,(H2,2,3). The van der Waals surface area contributed by atoms with Crippen molar-refractivity contribution in [2.24, 2.45) is 5.73 Å². The van der Waals surface area contributed by atoms with Gasteiger partial charge in [-0.05, 0) is 18.9 Å². The minimum Gasteiger partial charge on any atom is -0.372 e. The Hall–Kier alpha value is -1.58. The van der Waals surface area contributed by atoms with Gasteiger partial charge in [-0.3, -0.25) is 9.59 Å². The Morgan fingerprint density at radius 2 is 2.15 bits per heavy atom. The Bertz CT molecular complexity index is 304. The van der Waals surface area contributed by atoms with Gasteiger partial charge < -0.3 is 10.7 Å². The van der Waals surface area contributed by atoms with Gasteiger partial charge in [0.1, 0.15) is 0 Å². The molecule has 13 heavy (non-hydrogen) atoms. The molecule has 4 heteroatoms. The summed E-state index contributed by atoms with van der Waals surface area (Å²) in [5.41, 5.74) is 6.20. The van der Waals surface area contributed by atoms with Gasteiger partial charge in [-0.25, -0.2) is 0 Å². The minimum atomic E-state index is 0.250. The normalized spacial score (nSPS) is 14.0. The number of nitrogens with two attached hydrogens (primary N) is 1. The number of aryl methyl sites for hydroxylation is 1. The van der Waals surface area contributed by atoms with Crippen molar-refractivity contribution in [1.29, 1.82) is 0 Å². The molecule has 0 fully saturated rings. The SMILES string of the molecule is NC=O.O=C1CCCc2[nH]ccc21. The summed E-state index contributed by atoms with van der Waals surface area (Å²) in [6.45, 7) is 0. The quantitative estimate of drug-likeness (QED) is 0.575. The number of aromatic amines is 1. The van der Waals surface area contributed by atoms with Crippen LogP contribution in [0.2, 0.25) is 0 Å². The molecular formula is C9H12N2O2. The van der Waals surface area contributed by atoms with Crippen LogP contribution in [0.5, 0.6) is 0 Å². The van der Waals surface area contributed by atoms with Gasteiger partial charge in [0.2, 0.25) is 6.41 Å². The van der Waals surface area contributed by atoms with Crippen molar-refractivity contribution in [2.75, 3.05) is 0 Å². The van der Waals surface area contributed by atoms with Crippen LogP contribution in [0.1, 0.15) is 28.9 Å². The van der Waals surface area contributed by atoms with Crippen LogP contribution in [0, 0.1) is 0 Å². The van der Waals surface area contributed by atoms with Gasteiger partial charge in [-0.15, -0.1) is 0 Å². The molecule has 0 spiro atoms. The van der Waals surface area contributed by atoms with Gasteiger partial charge in [0.05, 0.1) is 0 Å². The number of primary amides is 1. The van der Waals surface area contributed by atoms with Crippen LogP contribution < -0.4 is 5.73 Å². The second-order valence-electron chi connectivity index (χ2n) is 2.78. The molecule has 70 valence electrons. The number of Topliss-reactive ketones (excluding diaryl/α,β-unsaturated/α-hetero) is 1. The van der Waals surface area contributed by atoms with E-state index >= 15 is 0 Å². The van der Waals surface area contributed by atoms with Crippen LogP contribution in [0.25, 0.3) is 0 Å². The van der Waals surface area contributed by atoms with E-state index in [1.165, 1.54) is 0 Å². The van der Waals surface area contributed by atoms with Gasteiger partial charge in [0, 0.05) is 23.9 Å². The number of aromatic nitrogens is 1. The molecule has 0 radical (unpaired) electrons. The minimum absolute atomic E-state index is 0.250. The van der Waals surface area contributed by atoms with Crippen LogP contribution in [0.15, 0.2) is 12.3 Å². The Balaban J connectivity index is 0.000000251. The van der Waals surface area contributed by atoms with Crippen molar-refractivity contribution >= 4 is 12.2 Å². The summed E-state index contributed by atoms with van der Waals surface area (Å²) in [6, 6.07) is 1.87. The van der Waals surface area contributed by atoms with E-state index in [0.717, 1.165) is 30.5 Å². The lowest BCUT2D eigenvalue weighted by atomic mass is 9.97. The van der Waals surface area contributed by atoms with Crippen molar-refractivity contribution in [3.8, 4) is 0 Å². The third-order valence-electron chi connectivity index (χ3n) is 1.96. The molecule has 1 aliphatic carbocycles. The topological polar surface area (TPSA) is 76.0 Å². The number of carbonyl (C=O) groups is 2. The number of carbonyl (C=O) groups excluding carboxylic acids is 2. The van der Waals surface area contributed by atoms with Crippen LogP contribution >= 0.6 is 0 Å². The third kappa shape index (κ3) is 2.18. The summed E-state index contributed by atoms with van der Waals surface area (Å²) in [4.78, 5) is 22.8. The summed E-state index contributed by atoms with van der Waals surface area (Å²) < 4.78 is 0. The molecule has 2 rings (SSSR count). The average Bonchev–Trinajstić information content (AvgIpc) is 2.54. The molecule has 1 aliphatic rings. The number of ketones is 1. The number of rotatable bonds is 0. The lowest BCUT2D eigenvalue weighted by Crippen LogP contribution is -2.08. The molecule has 0 saturated carbocycles. The maximum atomic E-state index is 11.1. The first-order chi connectivity index (χ1) is 6.29. The van der Waals surface area contributed by atoms with Crippen molar-refractivity contribution in [2.45, 2.75) is 19.3 Å². The highest BCUT2D eigenvalue weighted by Gasteiger charge is 2.16. The smallest absolute Gasteiger partial charge is 0.204 e. The number of hydrogen-bond acceptors (Lipinski definition) is 2. The first-order valence-corrected chi connectivity index (χ1v) is 4.14. The molecule has 0 atom stereocenters. The highest BCUT2D eigenvalue weighted by molar-refractivity contribution is 5.98. The van der Waals surface area contributed by atoms with Gasteiger partial charge in [0.15, 0.2) is 5.78 Å². The Labute approximate surface area is 76.1 Å². The molecule has 1 amide bonds. The molecule has 1 heterocycles. The summed E-state index contributed by atoms with van der Waals surface area (Å²) in [5.74, 6) is 0.294. The molecular weight excluding hydrogens is 168 g/mol. The van der Waals surface area contributed by atoms with E-state index in [1.807, 2.05) is 12.3 Å². The highest BCUT2D eigenvalue weighted by atomic mass is 16.1. The molecule has 0 bridgehead atoms. The van der Waals surface area contributed by atoms with Crippen molar-refractivity contribution in [3.63, 3.8) is 0 Å². The predicted molar refractivity (Wildman–Crippen MR) is 48.3 cm³/mol. The Morgan fingerprint density at radius 3 is 2.77 bits per heavy atom. The predicted octanol–water partition coefficient (Wildman–Crippen LogP) is 0.635. The molecule has 4 nitrogen and oxygen atoms in total. The van der Waals surface area contributed by atoms with Crippen LogP contribution in [-0.2, 0) is 11.2 Å². The fourth-order valence-corrected chi connectivity index (χ4v) is 1.43. The number of amides is 1. The lowest BCUT2D eigenvalue weighted by molar-refractivity contribution is -0.106. The van der Waals surface area contributed by atoms with Crippen LogP contribution in [0.4, 0.5) is 0 Å². The second-order valence-corrected chi connectivity index (χ2v) is 2.78. The van der Waals surface area contributed by atoms with E-state index in [0.29, 0.717) is 5.78 Å². The summed E-state index contributed by atoms with van der Waals surface area (Å²) in [7, 11) is 0. The molecule has 0 unspecified atom stereocenters. The molecule has 0 aliphatic heterocycles. The van der Waals surface area contributed by atoms with Crippen LogP contribution in [-0.4, -0.2) is 17.2 Å². The van der Waals surface area contributed by atoms with Crippen LogP contribution in [0.3, 0.4) is 0 Å². The Morgan fingerprint density at radius 1 is 1.46 bits per heavy atom. The largest absolute Gasteiger partial charge is 0.372 e. The van der Waals surface area contributed by atoms with E-state index in [4.69, 9.17) is 4.79 Å². The number of hydrogen-bond donors (Lipinski definition) is 2. The van der Waals surface area contributed by atoms with Gasteiger partial charge in [-0.2, -0.15) is 0 Å². The van der Waals surface area contributed by atoms with Gasteiger partial charge >= 0.3 is 0 Å². The zero-order valence-corrected chi connectivity index (χ0v) is 7.25. The maximum absolute atomic E-state index is 11.1. The highest BCUT2D eigenvalue weighted by Crippen LogP contribution is 2.18. The van der Waals surface area contributed by atoms with Crippen molar-refractivity contribution in [3.05, 3.63) is 23.5 Å². The van der Waals surface area contributed by atoms with Gasteiger partial charge in [0.25, 0.3) is 0 Å². The number of fused-ring (bicyclic) bond motifs is 1. The van der Waals surface area contributed by atoms with Gasteiger partial charge in [-0.1, -0.05) is 0 Å². The monoisotopic (exact) mass is 180 g/mol. The zero-order valence-electron chi connectivity index (χ0n) is 7.25. The van der Waals surface area contributed by atoms with E-state index in [2.05, 4.69) is 10.7 Å². The number of nitrogens with one attached hydrogen (secondary N) is 1. The fourth-order valence-electron chi connectivity index (χ4n) is 1.43. The zero-order chi connectivity index (χ0) is 9.68. The summed E-state index contributed by atoms with van der Waals surface area (Å²) >= 11 is 0. The molecule has 0 aromatic carbocycles. The van der Waals surface area contributed by atoms with E-state index in [1.54, 1.807) is 0 Å². The van der Waals surface area contributed by atoms with Crippen molar-refractivity contribution in [1.82, 2.24) is 4.98 Å².